The Hall–Kier alpha value is -2.52. The Morgan fingerprint density at radius 2 is 1.33 bits per heavy atom. The van der Waals surface area contributed by atoms with Gasteiger partial charge in [-0.2, -0.15) is 0 Å². The zero-order chi connectivity index (χ0) is 19.5. The smallest absolute Gasteiger partial charge is 0.225 e. The van der Waals surface area contributed by atoms with E-state index in [9.17, 15) is 16.8 Å². The van der Waals surface area contributed by atoms with Crippen molar-refractivity contribution in [2.75, 3.05) is 0 Å². The Morgan fingerprint density at radius 1 is 0.741 bits per heavy atom. The molecule has 0 radical (unpaired) electrons. The first-order valence-electron chi connectivity index (χ1n) is 8.03. The van der Waals surface area contributed by atoms with Gasteiger partial charge >= 0.3 is 0 Å². The standard InChI is InChI=1S/C19H18N2O4S2/c20-26(22,23)17-12-10-15(11-13-17)14-21-27(24,25)19-9-5-4-8-18(19)16-6-2-1-3-7-16/h1-13,21H,14H2,(H2,20,22,23). The minimum absolute atomic E-state index is 0.0242. The van der Waals surface area contributed by atoms with Gasteiger partial charge in [0.15, 0.2) is 0 Å². The maximum atomic E-state index is 12.8. The van der Waals surface area contributed by atoms with E-state index in [1.165, 1.54) is 24.3 Å². The first-order chi connectivity index (χ1) is 12.8. The van der Waals surface area contributed by atoms with Gasteiger partial charge in [0.05, 0.1) is 9.79 Å². The van der Waals surface area contributed by atoms with Crippen LogP contribution in [0.3, 0.4) is 0 Å². The number of benzene rings is 3. The molecule has 0 fully saturated rings. The lowest BCUT2D eigenvalue weighted by atomic mass is 10.1. The van der Waals surface area contributed by atoms with Gasteiger partial charge in [-0.3, -0.25) is 0 Å². The van der Waals surface area contributed by atoms with E-state index in [0.29, 0.717) is 11.1 Å². The molecule has 3 N–H and O–H groups in total. The van der Waals surface area contributed by atoms with Crippen LogP contribution in [0.2, 0.25) is 0 Å². The highest BCUT2D eigenvalue weighted by Crippen LogP contribution is 2.27. The fourth-order valence-corrected chi connectivity index (χ4v) is 4.37. The third kappa shape index (κ3) is 4.61. The summed E-state index contributed by atoms with van der Waals surface area (Å²) in [5.41, 5.74) is 2.02. The largest absolute Gasteiger partial charge is 0.241 e. The van der Waals surface area contributed by atoms with Gasteiger partial charge in [-0.25, -0.2) is 26.7 Å². The van der Waals surface area contributed by atoms with E-state index < -0.39 is 20.0 Å². The molecule has 0 saturated carbocycles. The average molecular weight is 402 g/mol. The van der Waals surface area contributed by atoms with Gasteiger partial charge in [0.2, 0.25) is 20.0 Å². The summed E-state index contributed by atoms with van der Waals surface area (Å²) in [4.78, 5) is 0.154. The second-order valence-electron chi connectivity index (χ2n) is 5.88. The van der Waals surface area contributed by atoms with E-state index >= 15 is 0 Å². The molecule has 27 heavy (non-hydrogen) atoms. The second-order valence-corrected chi connectivity index (χ2v) is 9.17. The molecule has 8 heteroatoms. The fourth-order valence-electron chi connectivity index (χ4n) is 2.61. The maximum Gasteiger partial charge on any atom is 0.241 e. The van der Waals surface area contributed by atoms with Crippen LogP contribution in [0.4, 0.5) is 0 Å². The summed E-state index contributed by atoms with van der Waals surface area (Å²) in [6, 6.07) is 21.7. The van der Waals surface area contributed by atoms with Gasteiger partial charge in [-0.15, -0.1) is 0 Å². The lowest BCUT2D eigenvalue weighted by Gasteiger charge is -2.12. The van der Waals surface area contributed by atoms with Crippen molar-refractivity contribution >= 4 is 20.0 Å². The quantitative estimate of drug-likeness (QED) is 0.660. The van der Waals surface area contributed by atoms with Crippen LogP contribution in [0.1, 0.15) is 5.56 Å². The first-order valence-corrected chi connectivity index (χ1v) is 11.1. The molecular formula is C19H18N2O4S2. The van der Waals surface area contributed by atoms with E-state index in [1.807, 2.05) is 30.3 Å². The van der Waals surface area contributed by atoms with Crippen LogP contribution in [-0.4, -0.2) is 16.8 Å². The molecule has 6 nitrogen and oxygen atoms in total. The van der Waals surface area contributed by atoms with Crippen molar-refractivity contribution < 1.29 is 16.8 Å². The maximum absolute atomic E-state index is 12.8. The Balaban J connectivity index is 1.84. The lowest BCUT2D eigenvalue weighted by molar-refractivity contribution is 0.581. The van der Waals surface area contributed by atoms with Crippen molar-refractivity contribution in [3.8, 4) is 11.1 Å². The summed E-state index contributed by atoms with van der Waals surface area (Å²) in [6.07, 6.45) is 0. The minimum Gasteiger partial charge on any atom is -0.225 e. The van der Waals surface area contributed by atoms with Crippen LogP contribution in [0, 0.1) is 0 Å². The molecule has 0 aliphatic rings. The molecular weight excluding hydrogens is 384 g/mol. The van der Waals surface area contributed by atoms with Crippen LogP contribution in [0.5, 0.6) is 0 Å². The number of nitrogens with two attached hydrogens (primary N) is 1. The Labute approximate surface area is 158 Å². The monoisotopic (exact) mass is 402 g/mol. The third-order valence-corrected chi connectivity index (χ3v) is 6.37. The van der Waals surface area contributed by atoms with Crippen LogP contribution >= 0.6 is 0 Å². The van der Waals surface area contributed by atoms with Gasteiger partial charge in [0, 0.05) is 12.1 Å². The number of nitrogens with one attached hydrogen (secondary N) is 1. The summed E-state index contributed by atoms with van der Waals surface area (Å²) in [5.74, 6) is 0. The van der Waals surface area contributed by atoms with Crippen LogP contribution in [0.15, 0.2) is 88.7 Å². The van der Waals surface area contributed by atoms with E-state index in [0.717, 1.165) is 5.56 Å². The molecule has 0 spiro atoms. The highest BCUT2D eigenvalue weighted by Gasteiger charge is 2.18. The van der Waals surface area contributed by atoms with E-state index in [2.05, 4.69) is 4.72 Å². The van der Waals surface area contributed by atoms with Crippen molar-refractivity contribution in [2.45, 2.75) is 16.3 Å². The third-order valence-electron chi connectivity index (χ3n) is 3.98. The Morgan fingerprint density at radius 3 is 1.96 bits per heavy atom. The van der Waals surface area contributed by atoms with Gasteiger partial charge in [0.25, 0.3) is 0 Å². The molecule has 0 unspecified atom stereocenters. The number of hydrogen-bond acceptors (Lipinski definition) is 4. The number of rotatable bonds is 6. The van der Waals surface area contributed by atoms with E-state index in [-0.39, 0.29) is 16.3 Å². The zero-order valence-corrected chi connectivity index (χ0v) is 15.9. The molecule has 0 saturated heterocycles. The highest BCUT2D eigenvalue weighted by atomic mass is 32.2. The van der Waals surface area contributed by atoms with Crippen molar-refractivity contribution in [3.05, 3.63) is 84.4 Å². The summed E-state index contributed by atoms with van der Waals surface area (Å²) in [6.45, 7) is 0.0242. The molecule has 3 aromatic rings. The van der Waals surface area contributed by atoms with Crippen molar-refractivity contribution in [2.24, 2.45) is 5.14 Å². The topological polar surface area (TPSA) is 106 Å². The van der Waals surface area contributed by atoms with Crippen LogP contribution in [0.25, 0.3) is 11.1 Å². The second kappa shape index (κ2) is 7.61. The first kappa shape index (κ1) is 19.2. The summed E-state index contributed by atoms with van der Waals surface area (Å²) < 4.78 is 50.7. The Bertz CT molecular complexity index is 1140. The lowest BCUT2D eigenvalue weighted by Crippen LogP contribution is -2.24. The number of hydrogen-bond donors (Lipinski definition) is 2. The van der Waals surface area contributed by atoms with Crippen LogP contribution < -0.4 is 9.86 Å². The van der Waals surface area contributed by atoms with Gasteiger partial charge in [-0.05, 0) is 29.3 Å². The Kier molecular flexibility index (Phi) is 5.43. The van der Waals surface area contributed by atoms with Gasteiger partial charge < -0.3 is 0 Å². The molecule has 0 aliphatic heterocycles. The molecule has 0 heterocycles. The van der Waals surface area contributed by atoms with E-state index in [4.69, 9.17) is 5.14 Å². The number of primary sulfonamides is 1. The van der Waals surface area contributed by atoms with Gasteiger partial charge in [0.1, 0.15) is 0 Å². The SMILES string of the molecule is NS(=O)(=O)c1ccc(CNS(=O)(=O)c2ccccc2-c2ccccc2)cc1. The summed E-state index contributed by atoms with van der Waals surface area (Å²) in [5, 5.41) is 5.06. The predicted molar refractivity (Wildman–Crippen MR) is 104 cm³/mol. The summed E-state index contributed by atoms with van der Waals surface area (Å²) >= 11 is 0. The van der Waals surface area contributed by atoms with Crippen LogP contribution in [-0.2, 0) is 26.6 Å². The van der Waals surface area contributed by atoms with Crippen molar-refractivity contribution in [1.29, 1.82) is 0 Å². The highest BCUT2D eigenvalue weighted by molar-refractivity contribution is 7.89. The van der Waals surface area contributed by atoms with E-state index in [1.54, 1.807) is 24.3 Å². The fraction of sp³-hybridized carbons (Fsp3) is 0.0526. The predicted octanol–water partition coefficient (Wildman–Crippen LogP) is 2.48. The molecule has 0 bridgehead atoms. The summed E-state index contributed by atoms with van der Waals surface area (Å²) in [7, 11) is -7.55. The number of sulfonamides is 2. The van der Waals surface area contributed by atoms with Gasteiger partial charge in [-0.1, -0.05) is 60.7 Å². The molecule has 0 aromatic heterocycles. The molecule has 0 amide bonds. The molecule has 0 aliphatic carbocycles. The zero-order valence-electron chi connectivity index (χ0n) is 14.2. The minimum atomic E-state index is -3.78. The average Bonchev–Trinajstić information content (AvgIpc) is 2.67. The normalized spacial score (nSPS) is 12.0. The molecule has 140 valence electrons. The van der Waals surface area contributed by atoms with Crippen molar-refractivity contribution in [1.82, 2.24) is 4.72 Å². The molecule has 0 atom stereocenters. The molecule has 3 rings (SSSR count). The molecule has 3 aromatic carbocycles. The van der Waals surface area contributed by atoms with Crippen molar-refractivity contribution in [3.63, 3.8) is 0 Å².